The first-order valence-corrected chi connectivity index (χ1v) is 4.24. The van der Waals surface area contributed by atoms with Crippen molar-refractivity contribution in [1.82, 2.24) is 0 Å². The molecule has 0 atom stereocenters. The van der Waals surface area contributed by atoms with Crippen molar-refractivity contribution < 1.29 is 9.53 Å². The second-order valence-electron chi connectivity index (χ2n) is 2.68. The van der Waals surface area contributed by atoms with Crippen LogP contribution in [0.1, 0.15) is 5.56 Å². The molecule has 0 aliphatic rings. The van der Waals surface area contributed by atoms with Crippen molar-refractivity contribution in [1.29, 1.82) is 0 Å². The lowest BCUT2D eigenvalue weighted by atomic mass is 10.1. The van der Waals surface area contributed by atoms with Gasteiger partial charge >= 0.3 is 0 Å². The minimum Gasteiger partial charge on any atom is -0.496 e. The van der Waals surface area contributed by atoms with Gasteiger partial charge in [0, 0.05) is 11.1 Å². The Morgan fingerprint density at radius 3 is 2.71 bits per heavy atom. The van der Waals surface area contributed by atoms with Crippen LogP contribution in [-0.2, 0) is 4.79 Å². The van der Waals surface area contributed by atoms with Gasteiger partial charge in [-0.05, 0) is 6.07 Å². The van der Waals surface area contributed by atoms with Gasteiger partial charge in [0.05, 0.1) is 7.11 Å². The third-order valence-electron chi connectivity index (χ3n) is 1.84. The van der Waals surface area contributed by atoms with E-state index in [2.05, 4.69) is 6.58 Å². The van der Waals surface area contributed by atoms with Crippen LogP contribution in [0.5, 0.6) is 5.75 Å². The number of carbonyl (C=O) groups excluding carboxylic acids is 1. The Balaban J connectivity index is 3.21. The van der Waals surface area contributed by atoms with Crippen LogP contribution < -0.4 is 4.74 Å². The van der Waals surface area contributed by atoms with Gasteiger partial charge in [0.25, 0.3) is 0 Å². The van der Waals surface area contributed by atoms with Crippen molar-refractivity contribution >= 4 is 11.9 Å². The van der Waals surface area contributed by atoms with E-state index >= 15 is 0 Å². The first-order chi connectivity index (χ1) is 6.83. The summed E-state index contributed by atoms with van der Waals surface area (Å²) in [5.41, 5.74) is 1.35. The number of rotatable bonds is 4. The van der Waals surface area contributed by atoms with E-state index in [4.69, 9.17) is 4.74 Å². The Bertz CT molecular complexity index is 364. The van der Waals surface area contributed by atoms with Gasteiger partial charge in [-0.25, -0.2) is 0 Å². The first-order valence-electron chi connectivity index (χ1n) is 4.24. The molecule has 0 N–H and O–H groups in total. The van der Waals surface area contributed by atoms with E-state index in [1.807, 2.05) is 24.3 Å². The molecule has 0 fully saturated rings. The average Bonchev–Trinajstić information content (AvgIpc) is 2.26. The van der Waals surface area contributed by atoms with Crippen molar-refractivity contribution in [2.45, 2.75) is 0 Å². The van der Waals surface area contributed by atoms with Crippen molar-refractivity contribution in [3.63, 3.8) is 0 Å². The smallest absolute Gasteiger partial charge is 0.150 e. The standard InChI is InChI=1S/C12H12O2/c1-3-6-10(9-13)11-7-4-5-8-12(11)14-2/h3-9H,1H2,2H3. The zero-order valence-corrected chi connectivity index (χ0v) is 8.07. The van der Waals surface area contributed by atoms with Gasteiger partial charge < -0.3 is 4.74 Å². The molecule has 0 aromatic heterocycles. The second kappa shape index (κ2) is 5.02. The van der Waals surface area contributed by atoms with Crippen LogP contribution in [0.4, 0.5) is 0 Å². The lowest BCUT2D eigenvalue weighted by molar-refractivity contribution is -0.103. The van der Waals surface area contributed by atoms with Gasteiger partial charge in [-0.3, -0.25) is 4.79 Å². The number of carbonyl (C=O) groups is 1. The molecule has 2 nitrogen and oxygen atoms in total. The maximum Gasteiger partial charge on any atom is 0.150 e. The Labute approximate surface area is 83.5 Å². The first kappa shape index (κ1) is 10.3. The maximum absolute atomic E-state index is 10.8. The van der Waals surface area contributed by atoms with E-state index in [1.165, 1.54) is 0 Å². The van der Waals surface area contributed by atoms with Gasteiger partial charge in [-0.1, -0.05) is 36.9 Å². The number of aldehydes is 1. The minimum atomic E-state index is 0.567. The van der Waals surface area contributed by atoms with E-state index in [0.29, 0.717) is 11.3 Å². The number of methoxy groups -OCH3 is 1. The molecule has 72 valence electrons. The number of benzene rings is 1. The lowest BCUT2D eigenvalue weighted by Gasteiger charge is -2.06. The van der Waals surface area contributed by atoms with Gasteiger partial charge in [0.15, 0.2) is 6.29 Å². The van der Waals surface area contributed by atoms with Crippen molar-refractivity contribution in [3.05, 3.63) is 48.6 Å². The quantitative estimate of drug-likeness (QED) is 0.412. The molecule has 0 heterocycles. The monoisotopic (exact) mass is 188 g/mol. The van der Waals surface area contributed by atoms with Crippen LogP contribution in [0.3, 0.4) is 0 Å². The zero-order valence-electron chi connectivity index (χ0n) is 8.07. The summed E-state index contributed by atoms with van der Waals surface area (Å²) >= 11 is 0. The van der Waals surface area contributed by atoms with E-state index < -0.39 is 0 Å². The Morgan fingerprint density at radius 1 is 1.43 bits per heavy atom. The van der Waals surface area contributed by atoms with Crippen LogP contribution in [0, 0.1) is 0 Å². The van der Waals surface area contributed by atoms with Crippen molar-refractivity contribution in [2.75, 3.05) is 7.11 Å². The molecule has 0 spiro atoms. The summed E-state index contributed by atoms with van der Waals surface area (Å²) in [6.45, 7) is 3.55. The maximum atomic E-state index is 10.8. The van der Waals surface area contributed by atoms with Gasteiger partial charge in [0.1, 0.15) is 5.75 Å². The molecule has 0 aliphatic carbocycles. The number of allylic oxidation sites excluding steroid dienone is 3. The number of para-hydroxylation sites is 1. The molecule has 0 saturated heterocycles. The summed E-state index contributed by atoms with van der Waals surface area (Å²) < 4.78 is 5.14. The van der Waals surface area contributed by atoms with E-state index in [9.17, 15) is 4.79 Å². The summed E-state index contributed by atoms with van der Waals surface area (Å²) in [5.74, 6) is 0.688. The fourth-order valence-electron chi connectivity index (χ4n) is 1.20. The molecular weight excluding hydrogens is 176 g/mol. The Morgan fingerprint density at radius 2 is 2.14 bits per heavy atom. The highest BCUT2D eigenvalue weighted by Crippen LogP contribution is 2.24. The molecule has 1 aromatic carbocycles. The SMILES string of the molecule is C=CC=C(C=O)c1ccccc1OC. The molecule has 1 rings (SSSR count). The van der Waals surface area contributed by atoms with Crippen molar-refractivity contribution in [3.8, 4) is 5.75 Å². The Kier molecular flexibility index (Phi) is 3.68. The zero-order chi connectivity index (χ0) is 10.4. The van der Waals surface area contributed by atoms with Crippen LogP contribution in [0.15, 0.2) is 43.0 Å². The van der Waals surface area contributed by atoms with Gasteiger partial charge in [-0.15, -0.1) is 0 Å². The highest BCUT2D eigenvalue weighted by atomic mass is 16.5. The third-order valence-corrected chi connectivity index (χ3v) is 1.84. The van der Waals surface area contributed by atoms with E-state index in [-0.39, 0.29) is 0 Å². The topological polar surface area (TPSA) is 26.3 Å². The summed E-state index contributed by atoms with van der Waals surface area (Å²) in [4.78, 5) is 10.8. The van der Waals surface area contributed by atoms with Crippen LogP contribution in [0.25, 0.3) is 5.57 Å². The molecule has 0 amide bonds. The Hall–Kier alpha value is -1.83. The summed E-state index contributed by atoms with van der Waals surface area (Å²) in [7, 11) is 1.58. The van der Waals surface area contributed by atoms with Crippen LogP contribution >= 0.6 is 0 Å². The predicted molar refractivity (Wildman–Crippen MR) is 57.2 cm³/mol. The third kappa shape index (κ3) is 2.10. The summed E-state index contributed by atoms with van der Waals surface area (Å²) in [5, 5.41) is 0. The molecule has 14 heavy (non-hydrogen) atoms. The average molecular weight is 188 g/mol. The minimum absolute atomic E-state index is 0.567. The van der Waals surface area contributed by atoms with E-state index in [1.54, 1.807) is 19.3 Å². The highest BCUT2D eigenvalue weighted by molar-refractivity contribution is 6.08. The molecule has 0 radical (unpaired) electrons. The largest absolute Gasteiger partial charge is 0.496 e. The summed E-state index contributed by atoms with van der Waals surface area (Å²) in [6.07, 6.45) is 4.03. The summed E-state index contributed by atoms with van der Waals surface area (Å²) in [6, 6.07) is 7.37. The molecule has 0 saturated carbocycles. The number of ether oxygens (including phenoxy) is 1. The second-order valence-corrected chi connectivity index (χ2v) is 2.68. The molecule has 0 aliphatic heterocycles. The fourth-order valence-corrected chi connectivity index (χ4v) is 1.20. The predicted octanol–water partition coefficient (Wildman–Crippen LogP) is 2.46. The molecule has 0 bridgehead atoms. The molecular formula is C12H12O2. The number of hydrogen-bond acceptors (Lipinski definition) is 2. The lowest BCUT2D eigenvalue weighted by Crippen LogP contribution is -1.91. The van der Waals surface area contributed by atoms with Gasteiger partial charge in [0.2, 0.25) is 0 Å². The van der Waals surface area contributed by atoms with Crippen LogP contribution in [-0.4, -0.2) is 13.4 Å². The molecule has 0 unspecified atom stereocenters. The molecule has 1 aromatic rings. The molecule has 2 heteroatoms. The number of hydrogen-bond donors (Lipinski definition) is 0. The highest BCUT2D eigenvalue weighted by Gasteiger charge is 2.05. The van der Waals surface area contributed by atoms with Crippen molar-refractivity contribution in [2.24, 2.45) is 0 Å². The van der Waals surface area contributed by atoms with Crippen LogP contribution in [0.2, 0.25) is 0 Å². The normalized spacial score (nSPS) is 10.8. The fraction of sp³-hybridized carbons (Fsp3) is 0.0833. The van der Waals surface area contributed by atoms with E-state index in [0.717, 1.165) is 11.8 Å². The van der Waals surface area contributed by atoms with Gasteiger partial charge in [-0.2, -0.15) is 0 Å².